The second kappa shape index (κ2) is 10.1. The molecular weight excluding hydrogens is 373 g/mol. The van der Waals surface area contributed by atoms with E-state index in [2.05, 4.69) is 15.5 Å². The summed E-state index contributed by atoms with van der Waals surface area (Å²) in [7, 11) is 1.54. The Bertz CT molecular complexity index is 849. The molecular formula is C22H26FN3O3. The van der Waals surface area contributed by atoms with Gasteiger partial charge in [0.15, 0.2) is 5.78 Å². The second-order valence-electron chi connectivity index (χ2n) is 6.96. The number of ketones is 1. The van der Waals surface area contributed by atoms with Gasteiger partial charge < -0.3 is 20.3 Å². The van der Waals surface area contributed by atoms with Gasteiger partial charge in [0.1, 0.15) is 11.6 Å². The highest BCUT2D eigenvalue weighted by Gasteiger charge is 2.19. The number of piperazine rings is 1. The predicted octanol–water partition coefficient (Wildman–Crippen LogP) is 2.95. The van der Waals surface area contributed by atoms with E-state index >= 15 is 0 Å². The smallest absolute Gasteiger partial charge is 0.255 e. The van der Waals surface area contributed by atoms with Gasteiger partial charge in [-0.05, 0) is 49.4 Å². The van der Waals surface area contributed by atoms with Crippen LogP contribution in [0.15, 0.2) is 42.5 Å². The third-order valence-corrected chi connectivity index (χ3v) is 4.98. The minimum atomic E-state index is -0.621. The molecule has 0 radical (unpaired) electrons. The monoisotopic (exact) mass is 399 g/mol. The Hall–Kier alpha value is -2.77. The van der Waals surface area contributed by atoms with Gasteiger partial charge in [0.05, 0.1) is 18.4 Å². The summed E-state index contributed by atoms with van der Waals surface area (Å²) in [6.45, 7) is 4.61. The SMILES string of the molecule is COc1ccc(C(=O)Nc2cccc(F)c2C(=O)CCCN2CCNCC2)cc1. The lowest BCUT2D eigenvalue weighted by Crippen LogP contribution is -2.43. The number of carbonyl (C=O) groups is 2. The number of benzene rings is 2. The van der Waals surface area contributed by atoms with Gasteiger partial charge in [0, 0.05) is 38.2 Å². The molecule has 0 atom stereocenters. The zero-order chi connectivity index (χ0) is 20.6. The van der Waals surface area contributed by atoms with Crippen molar-refractivity contribution in [3.63, 3.8) is 0 Å². The lowest BCUT2D eigenvalue weighted by Gasteiger charge is -2.26. The van der Waals surface area contributed by atoms with Crippen LogP contribution in [0.1, 0.15) is 33.6 Å². The van der Waals surface area contributed by atoms with Gasteiger partial charge in [-0.2, -0.15) is 0 Å². The van der Waals surface area contributed by atoms with Crippen LogP contribution in [0.4, 0.5) is 10.1 Å². The lowest BCUT2D eigenvalue weighted by atomic mass is 10.0. The van der Waals surface area contributed by atoms with E-state index < -0.39 is 11.7 Å². The molecule has 1 fully saturated rings. The van der Waals surface area contributed by atoms with Gasteiger partial charge >= 0.3 is 0 Å². The van der Waals surface area contributed by atoms with Crippen molar-refractivity contribution in [3.8, 4) is 5.75 Å². The topological polar surface area (TPSA) is 70.7 Å². The maximum atomic E-state index is 14.4. The van der Waals surface area contributed by atoms with Crippen molar-refractivity contribution in [1.29, 1.82) is 0 Å². The Balaban J connectivity index is 1.65. The summed E-state index contributed by atoms with van der Waals surface area (Å²) in [5.41, 5.74) is 0.528. The summed E-state index contributed by atoms with van der Waals surface area (Å²) in [6, 6.07) is 10.8. The van der Waals surface area contributed by atoms with E-state index in [0.29, 0.717) is 17.7 Å². The number of anilines is 1. The normalized spacial score (nSPS) is 14.4. The minimum absolute atomic E-state index is 0.0605. The molecule has 3 rings (SSSR count). The van der Waals surface area contributed by atoms with Crippen LogP contribution >= 0.6 is 0 Å². The molecule has 0 saturated carbocycles. The fourth-order valence-electron chi connectivity index (χ4n) is 3.37. The average Bonchev–Trinajstić information content (AvgIpc) is 2.74. The second-order valence-corrected chi connectivity index (χ2v) is 6.96. The lowest BCUT2D eigenvalue weighted by molar-refractivity contribution is 0.0970. The third-order valence-electron chi connectivity index (χ3n) is 4.98. The van der Waals surface area contributed by atoms with Crippen molar-refractivity contribution in [2.75, 3.05) is 45.2 Å². The molecule has 0 bridgehead atoms. The molecule has 1 saturated heterocycles. The first kappa shape index (κ1) is 21.0. The molecule has 0 aromatic heterocycles. The van der Waals surface area contributed by atoms with Crippen LogP contribution in [0.2, 0.25) is 0 Å². The number of carbonyl (C=O) groups excluding carboxylic acids is 2. The van der Waals surface area contributed by atoms with E-state index in [4.69, 9.17) is 4.74 Å². The number of nitrogens with zero attached hydrogens (tertiary/aromatic N) is 1. The van der Waals surface area contributed by atoms with Crippen molar-refractivity contribution in [1.82, 2.24) is 10.2 Å². The van der Waals surface area contributed by atoms with Crippen LogP contribution in [0.25, 0.3) is 0 Å². The fraction of sp³-hybridized carbons (Fsp3) is 0.364. The van der Waals surface area contributed by atoms with Crippen molar-refractivity contribution in [2.45, 2.75) is 12.8 Å². The van der Waals surface area contributed by atoms with E-state index in [0.717, 1.165) is 32.7 Å². The van der Waals surface area contributed by atoms with E-state index in [1.807, 2.05) is 0 Å². The molecule has 154 valence electrons. The number of methoxy groups -OCH3 is 1. The standard InChI is InChI=1S/C22H26FN3O3/c1-29-17-9-7-16(8-10-17)22(28)25-19-5-2-4-18(23)21(19)20(27)6-3-13-26-14-11-24-12-15-26/h2,4-5,7-10,24H,3,6,11-15H2,1H3,(H,25,28). The zero-order valence-electron chi connectivity index (χ0n) is 16.5. The van der Waals surface area contributed by atoms with Crippen LogP contribution in [0, 0.1) is 5.82 Å². The molecule has 0 unspecified atom stereocenters. The average molecular weight is 399 g/mol. The van der Waals surface area contributed by atoms with E-state index in [1.54, 1.807) is 37.4 Å². The van der Waals surface area contributed by atoms with Gasteiger partial charge in [-0.25, -0.2) is 4.39 Å². The van der Waals surface area contributed by atoms with Gasteiger partial charge in [-0.15, -0.1) is 0 Å². The van der Waals surface area contributed by atoms with Gasteiger partial charge in [0.25, 0.3) is 5.91 Å². The molecule has 1 amide bonds. The molecule has 0 aliphatic carbocycles. The Morgan fingerprint density at radius 2 is 1.86 bits per heavy atom. The first-order valence-electron chi connectivity index (χ1n) is 9.78. The van der Waals surface area contributed by atoms with E-state index in [1.165, 1.54) is 12.1 Å². The number of nitrogens with one attached hydrogen (secondary N) is 2. The quantitative estimate of drug-likeness (QED) is 0.668. The van der Waals surface area contributed by atoms with Gasteiger partial charge in [0.2, 0.25) is 0 Å². The molecule has 2 aromatic carbocycles. The third kappa shape index (κ3) is 5.62. The minimum Gasteiger partial charge on any atom is -0.497 e. The summed E-state index contributed by atoms with van der Waals surface area (Å²) in [4.78, 5) is 27.5. The van der Waals surface area contributed by atoms with Crippen LogP contribution < -0.4 is 15.4 Å². The van der Waals surface area contributed by atoms with Gasteiger partial charge in [-0.3, -0.25) is 9.59 Å². The highest BCUT2D eigenvalue weighted by Crippen LogP contribution is 2.23. The summed E-state index contributed by atoms with van der Waals surface area (Å²) in [5, 5.41) is 5.95. The number of ether oxygens (including phenoxy) is 1. The van der Waals surface area contributed by atoms with Crippen molar-refractivity contribution in [2.24, 2.45) is 0 Å². The molecule has 1 heterocycles. The van der Waals surface area contributed by atoms with Crippen molar-refractivity contribution >= 4 is 17.4 Å². The summed E-state index contributed by atoms with van der Waals surface area (Å²) < 4.78 is 19.5. The summed E-state index contributed by atoms with van der Waals surface area (Å²) in [5.74, 6) is -0.700. The zero-order valence-corrected chi connectivity index (χ0v) is 16.5. The number of Topliss-reactive ketones (excluding diaryl/α,β-unsaturated/α-hetero) is 1. The van der Waals surface area contributed by atoms with E-state index in [-0.39, 0.29) is 23.5 Å². The largest absolute Gasteiger partial charge is 0.497 e. The fourth-order valence-corrected chi connectivity index (χ4v) is 3.37. The van der Waals surface area contributed by atoms with Gasteiger partial charge in [-0.1, -0.05) is 6.07 Å². The predicted molar refractivity (Wildman–Crippen MR) is 110 cm³/mol. The maximum Gasteiger partial charge on any atom is 0.255 e. The van der Waals surface area contributed by atoms with Crippen LogP contribution in [0.5, 0.6) is 5.75 Å². The highest BCUT2D eigenvalue weighted by molar-refractivity contribution is 6.09. The van der Waals surface area contributed by atoms with E-state index in [9.17, 15) is 14.0 Å². The molecule has 0 spiro atoms. The number of amides is 1. The van der Waals surface area contributed by atoms with Crippen LogP contribution in [0.3, 0.4) is 0 Å². The van der Waals surface area contributed by atoms with Crippen molar-refractivity contribution in [3.05, 3.63) is 59.4 Å². The number of rotatable bonds is 8. The first-order valence-corrected chi connectivity index (χ1v) is 9.78. The Morgan fingerprint density at radius 3 is 2.55 bits per heavy atom. The molecule has 6 nitrogen and oxygen atoms in total. The number of hydrogen-bond acceptors (Lipinski definition) is 5. The van der Waals surface area contributed by atoms with Crippen LogP contribution in [-0.4, -0.2) is 56.4 Å². The molecule has 2 N–H and O–H groups in total. The molecule has 1 aliphatic rings. The summed E-state index contributed by atoms with van der Waals surface area (Å²) >= 11 is 0. The Kier molecular flexibility index (Phi) is 7.32. The highest BCUT2D eigenvalue weighted by atomic mass is 19.1. The summed E-state index contributed by atoms with van der Waals surface area (Å²) in [6.07, 6.45) is 0.884. The Morgan fingerprint density at radius 1 is 1.14 bits per heavy atom. The molecule has 7 heteroatoms. The maximum absolute atomic E-state index is 14.4. The van der Waals surface area contributed by atoms with Crippen LogP contribution in [-0.2, 0) is 0 Å². The Labute approximate surface area is 170 Å². The first-order chi connectivity index (χ1) is 14.1. The number of halogens is 1. The van der Waals surface area contributed by atoms with Crippen molar-refractivity contribution < 1.29 is 18.7 Å². The number of hydrogen-bond donors (Lipinski definition) is 2. The molecule has 2 aromatic rings. The molecule has 29 heavy (non-hydrogen) atoms. The molecule has 1 aliphatic heterocycles.